The van der Waals surface area contributed by atoms with Gasteiger partial charge in [-0.2, -0.15) is 4.31 Å². The molecule has 0 aromatic heterocycles. The van der Waals surface area contributed by atoms with Gasteiger partial charge < -0.3 is 5.32 Å². The summed E-state index contributed by atoms with van der Waals surface area (Å²) in [6, 6.07) is 10.1. The summed E-state index contributed by atoms with van der Waals surface area (Å²) in [5.41, 5.74) is -1.24. The van der Waals surface area contributed by atoms with Gasteiger partial charge in [-0.15, -0.1) is 0 Å². The zero-order valence-corrected chi connectivity index (χ0v) is 23.9. The highest BCUT2D eigenvalue weighted by Crippen LogP contribution is 2.38. The van der Waals surface area contributed by atoms with Crippen LogP contribution >= 0.6 is 27.5 Å². The van der Waals surface area contributed by atoms with Crippen LogP contribution in [0, 0.1) is 0 Å². The summed E-state index contributed by atoms with van der Waals surface area (Å²) in [6.45, 7) is 2.88. The molecule has 1 aliphatic heterocycles. The van der Waals surface area contributed by atoms with Crippen molar-refractivity contribution in [2.24, 2.45) is 0 Å². The van der Waals surface area contributed by atoms with Crippen molar-refractivity contribution < 1.29 is 26.0 Å². The highest BCUT2D eigenvalue weighted by atomic mass is 79.9. The Morgan fingerprint density at radius 1 is 1.25 bits per heavy atom. The molecule has 1 N–H and O–H groups in total. The quantitative estimate of drug-likeness (QED) is 0.483. The van der Waals surface area contributed by atoms with Crippen molar-refractivity contribution >= 4 is 53.3 Å². The molecule has 0 unspecified atom stereocenters. The molecule has 3 atom stereocenters. The van der Waals surface area contributed by atoms with E-state index in [1.54, 1.807) is 43.3 Å². The average molecular weight is 622 g/mol. The lowest BCUT2D eigenvalue weighted by Crippen LogP contribution is -2.56. The lowest BCUT2D eigenvalue weighted by molar-refractivity contribution is -0.136. The summed E-state index contributed by atoms with van der Waals surface area (Å²) >= 11 is 9.51. The van der Waals surface area contributed by atoms with Crippen molar-refractivity contribution in [2.45, 2.75) is 49.3 Å². The number of nitrogens with one attached hydrogen (secondary N) is 1. The summed E-state index contributed by atoms with van der Waals surface area (Å²) < 4.78 is 67.5. The number of sulfone groups is 1. The number of rotatable bonds is 7. The molecule has 36 heavy (non-hydrogen) atoms. The number of carbonyl (C=O) groups excluding carboxylic acids is 1. The zero-order valence-electron chi connectivity index (χ0n) is 19.9. The van der Waals surface area contributed by atoms with Gasteiger partial charge in [0.1, 0.15) is 0 Å². The molecule has 0 aliphatic carbocycles. The molecule has 12 heteroatoms. The third-order valence-corrected chi connectivity index (χ3v) is 9.33. The smallest absolute Gasteiger partial charge is 0.258 e. The Balaban J connectivity index is 1.84. The fraction of sp³-hybridized carbons (Fsp3) is 0.375. The van der Waals surface area contributed by atoms with Gasteiger partial charge in [0.25, 0.3) is 5.91 Å². The molecule has 0 bridgehead atoms. The van der Waals surface area contributed by atoms with Crippen LogP contribution in [-0.2, 0) is 24.7 Å². The first-order chi connectivity index (χ1) is 16.6. The van der Waals surface area contributed by atoms with Gasteiger partial charge in [-0.05, 0) is 49.7 Å². The van der Waals surface area contributed by atoms with Gasteiger partial charge in [0.2, 0.25) is 10.0 Å². The number of amides is 1. The van der Waals surface area contributed by atoms with Crippen LogP contribution in [0.4, 0.5) is 4.39 Å². The first-order valence-corrected chi connectivity index (χ1v) is 15.6. The SMILES string of the molecule is C[C@H](/C=C\S(C)(=O)=O)NC(=O)[C@]1(F)CCN(S(=O)(=O)c2ccc(Br)cc2-c2cccc(Cl)c2)[C@H](C)C1. The molecular formula is C24H27BrClFN2O5S2. The molecule has 1 fully saturated rings. The lowest BCUT2D eigenvalue weighted by Gasteiger charge is -2.39. The molecule has 0 radical (unpaired) electrons. The molecule has 0 saturated carbocycles. The van der Waals surface area contributed by atoms with Crippen LogP contribution in [0.1, 0.15) is 26.7 Å². The van der Waals surface area contributed by atoms with E-state index >= 15 is 4.39 Å². The Morgan fingerprint density at radius 2 is 1.94 bits per heavy atom. The maximum Gasteiger partial charge on any atom is 0.258 e. The Morgan fingerprint density at radius 3 is 2.56 bits per heavy atom. The number of hydrogen-bond donors (Lipinski definition) is 1. The molecule has 2 aromatic rings. The predicted molar refractivity (Wildman–Crippen MR) is 143 cm³/mol. The Kier molecular flexibility index (Phi) is 8.72. The van der Waals surface area contributed by atoms with Crippen molar-refractivity contribution in [2.75, 3.05) is 12.8 Å². The number of nitrogens with zero attached hydrogens (tertiary/aromatic N) is 1. The van der Waals surface area contributed by atoms with E-state index in [1.165, 1.54) is 23.4 Å². The Hall–Kier alpha value is -1.79. The monoisotopic (exact) mass is 620 g/mol. The standard InChI is InChI=1S/C24H27BrClFN2O5S2/c1-16(9-12-35(3,31)32)28-23(30)24(27)10-11-29(17(2)15-24)36(33,34)22-8-7-19(25)14-21(22)18-5-4-6-20(26)13-18/h4-9,12-14,16-17H,10-11,15H2,1-3H3,(H,28,30)/b12-9-/t16-,17-,24+/m1/s1. The van der Waals surface area contributed by atoms with E-state index in [4.69, 9.17) is 11.6 Å². The summed E-state index contributed by atoms with van der Waals surface area (Å²) in [5.74, 6) is -0.902. The summed E-state index contributed by atoms with van der Waals surface area (Å²) in [7, 11) is -7.44. The fourth-order valence-electron chi connectivity index (χ4n) is 4.12. The van der Waals surface area contributed by atoms with E-state index in [2.05, 4.69) is 21.2 Å². The van der Waals surface area contributed by atoms with Gasteiger partial charge in [-0.3, -0.25) is 4.79 Å². The Labute approximate surface area is 224 Å². The number of benzene rings is 2. The maximum absolute atomic E-state index is 15.7. The molecule has 7 nitrogen and oxygen atoms in total. The minimum Gasteiger partial charge on any atom is -0.347 e. The van der Waals surface area contributed by atoms with Gasteiger partial charge in [-0.1, -0.05) is 45.7 Å². The normalized spacial score (nSPS) is 22.4. The van der Waals surface area contributed by atoms with Crippen LogP contribution in [0.15, 0.2) is 63.3 Å². The van der Waals surface area contributed by atoms with Crippen molar-refractivity contribution in [1.29, 1.82) is 0 Å². The Bertz CT molecular complexity index is 1400. The second-order valence-electron chi connectivity index (χ2n) is 8.96. The summed E-state index contributed by atoms with van der Waals surface area (Å²) in [6.07, 6.45) is 1.58. The van der Waals surface area contributed by atoms with Gasteiger partial charge in [0, 0.05) is 58.2 Å². The number of halogens is 3. The number of alkyl halides is 1. The number of piperidine rings is 1. The van der Waals surface area contributed by atoms with E-state index in [-0.39, 0.29) is 24.3 Å². The number of hydrogen-bond acceptors (Lipinski definition) is 5. The van der Waals surface area contributed by atoms with Crippen LogP contribution in [0.3, 0.4) is 0 Å². The fourth-order valence-corrected chi connectivity index (χ4v) is 7.02. The summed E-state index contributed by atoms with van der Waals surface area (Å²) in [5, 5.41) is 3.86. The maximum atomic E-state index is 15.7. The highest BCUT2D eigenvalue weighted by Gasteiger charge is 2.48. The van der Waals surface area contributed by atoms with E-state index in [0.29, 0.717) is 20.6 Å². The minimum atomic E-state index is -4.05. The topological polar surface area (TPSA) is 101 Å². The van der Waals surface area contributed by atoms with Crippen molar-refractivity contribution in [3.63, 3.8) is 0 Å². The molecule has 2 aromatic carbocycles. The minimum absolute atomic E-state index is 0.0511. The van der Waals surface area contributed by atoms with E-state index in [0.717, 1.165) is 11.7 Å². The van der Waals surface area contributed by atoms with E-state index in [9.17, 15) is 21.6 Å². The zero-order chi connectivity index (χ0) is 26.9. The third-order valence-electron chi connectivity index (χ3n) is 5.88. The van der Waals surface area contributed by atoms with Crippen LogP contribution in [-0.4, -0.2) is 57.6 Å². The average Bonchev–Trinajstić information content (AvgIpc) is 2.76. The molecule has 1 aliphatic rings. The number of carbonyl (C=O) groups is 1. The number of sulfonamides is 1. The molecular weight excluding hydrogens is 595 g/mol. The van der Waals surface area contributed by atoms with E-state index in [1.807, 2.05) is 0 Å². The van der Waals surface area contributed by atoms with Crippen LogP contribution < -0.4 is 5.32 Å². The van der Waals surface area contributed by atoms with Crippen LogP contribution in [0.25, 0.3) is 11.1 Å². The van der Waals surface area contributed by atoms with Crippen molar-refractivity contribution in [1.82, 2.24) is 9.62 Å². The second kappa shape index (κ2) is 10.9. The summed E-state index contributed by atoms with van der Waals surface area (Å²) in [4.78, 5) is 12.7. The van der Waals surface area contributed by atoms with Crippen molar-refractivity contribution in [3.05, 3.63) is 63.4 Å². The molecule has 0 spiro atoms. The predicted octanol–water partition coefficient (Wildman–Crippen LogP) is 4.71. The molecule has 1 saturated heterocycles. The van der Waals surface area contributed by atoms with Crippen LogP contribution in [0.5, 0.6) is 0 Å². The first kappa shape index (κ1) is 28.8. The lowest BCUT2D eigenvalue weighted by atomic mass is 9.89. The molecule has 196 valence electrons. The second-order valence-corrected chi connectivity index (χ2v) is 14.1. The van der Waals surface area contributed by atoms with Crippen molar-refractivity contribution in [3.8, 4) is 11.1 Å². The largest absolute Gasteiger partial charge is 0.347 e. The van der Waals surface area contributed by atoms with Crippen LogP contribution in [0.2, 0.25) is 5.02 Å². The van der Waals surface area contributed by atoms with Gasteiger partial charge in [-0.25, -0.2) is 21.2 Å². The van der Waals surface area contributed by atoms with Gasteiger partial charge >= 0.3 is 0 Å². The molecule has 1 amide bonds. The third kappa shape index (κ3) is 6.74. The molecule has 1 heterocycles. The van der Waals surface area contributed by atoms with Gasteiger partial charge in [0.15, 0.2) is 15.5 Å². The van der Waals surface area contributed by atoms with E-state index < -0.39 is 43.5 Å². The first-order valence-electron chi connectivity index (χ1n) is 11.1. The highest BCUT2D eigenvalue weighted by molar-refractivity contribution is 9.10. The molecule has 3 rings (SSSR count). The van der Waals surface area contributed by atoms with Gasteiger partial charge in [0.05, 0.1) is 4.90 Å².